The molecule has 3 unspecified atom stereocenters. The Labute approximate surface area is 118 Å². The summed E-state index contributed by atoms with van der Waals surface area (Å²) in [5.74, 6) is -0.950. The average Bonchev–Trinajstić information content (AvgIpc) is 2.46. The molecule has 0 radical (unpaired) electrons. The van der Waals surface area contributed by atoms with E-state index in [1.807, 2.05) is 25.1 Å². The Morgan fingerprint density at radius 2 is 2.00 bits per heavy atom. The summed E-state index contributed by atoms with van der Waals surface area (Å²) in [5, 5.41) is 9.29. The lowest BCUT2D eigenvalue weighted by atomic mass is 9.91. The molecule has 1 aromatic carbocycles. The number of carbonyl (C=O) groups is 2. The van der Waals surface area contributed by atoms with Crippen molar-refractivity contribution >= 4 is 11.9 Å². The highest BCUT2D eigenvalue weighted by molar-refractivity contribution is 5.88. The van der Waals surface area contributed by atoms with Crippen molar-refractivity contribution in [3.05, 3.63) is 35.9 Å². The van der Waals surface area contributed by atoms with E-state index in [1.165, 1.54) is 4.90 Å². The third kappa shape index (κ3) is 2.99. The van der Waals surface area contributed by atoms with E-state index in [0.29, 0.717) is 24.4 Å². The van der Waals surface area contributed by atoms with Gasteiger partial charge in [0.25, 0.3) is 0 Å². The SMILES string of the molecule is CC1CCN(C(=O)C(N)c2ccccc2)C(C(=O)O)C1. The van der Waals surface area contributed by atoms with Crippen LogP contribution in [0.4, 0.5) is 0 Å². The summed E-state index contributed by atoms with van der Waals surface area (Å²) < 4.78 is 0. The summed E-state index contributed by atoms with van der Waals surface area (Å²) in [6.07, 6.45) is 1.31. The summed E-state index contributed by atoms with van der Waals surface area (Å²) in [5.41, 5.74) is 6.69. The Balaban J connectivity index is 2.16. The number of hydrogen-bond acceptors (Lipinski definition) is 3. The molecule has 1 amide bonds. The van der Waals surface area contributed by atoms with Gasteiger partial charge in [-0.1, -0.05) is 37.3 Å². The lowest BCUT2D eigenvalue weighted by molar-refractivity contribution is -0.153. The highest BCUT2D eigenvalue weighted by Crippen LogP contribution is 2.25. The first-order valence-corrected chi connectivity index (χ1v) is 6.84. The Morgan fingerprint density at radius 1 is 1.35 bits per heavy atom. The Bertz CT molecular complexity index is 489. The predicted octanol–water partition coefficient (Wildman–Crippen LogP) is 1.40. The van der Waals surface area contributed by atoms with Gasteiger partial charge < -0.3 is 15.7 Å². The van der Waals surface area contributed by atoms with Crippen molar-refractivity contribution in [3.63, 3.8) is 0 Å². The van der Waals surface area contributed by atoms with Crippen LogP contribution >= 0.6 is 0 Å². The standard InChI is InChI=1S/C15H20N2O3/c1-10-7-8-17(12(9-10)15(19)20)14(18)13(16)11-5-3-2-4-6-11/h2-6,10,12-13H,7-9,16H2,1H3,(H,19,20). The van der Waals surface area contributed by atoms with Crippen molar-refractivity contribution in [1.29, 1.82) is 0 Å². The highest BCUT2D eigenvalue weighted by atomic mass is 16.4. The molecule has 1 aliphatic heterocycles. The average molecular weight is 276 g/mol. The number of piperidine rings is 1. The van der Waals surface area contributed by atoms with E-state index in [-0.39, 0.29) is 5.91 Å². The molecule has 0 saturated carbocycles. The predicted molar refractivity (Wildman–Crippen MR) is 74.9 cm³/mol. The summed E-state index contributed by atoms with van der Waals surface area (Å²) in [7, 11) is 0. The number of aliphatic carboxylic acids is 1. The molecule has 1 aromatic rings. The second kappa shape index (κ2) is 6.05. The van der Waals surface area contributed by atoms with Gasteiger partial charge in [-0.3, -0.25) is 4.79 Å². The van der Waals surface area contributed by atoms with Crippen LogP contribution in [0.1, 0.15) is 31.4 Å². The van der Waals surface area contributed by atoms with Gasteiger partial charge in [0.2, 0.25) is 5.91 Å². The van der Waals surface area contributed by atoms with Crippen LogP contribution in [0.5, 0.6) is 0 Å². The molecular weight excluding hydrogens is 256 g/mol. The monoisotopic (exact) mass is 276 g/mol. The summed E-state index contributed by atoms with van der Waals surface area (Å²) in [4.78, 5) is 25.2. The van der Waals surface area contributed by atoms with E-state index >= 15 is 0 Å². The van der Waals surface area contributed by atoms with E-state index in [4.69, 9.17) is 5.73 Å². The maximum atomic E-state index is 12.5. The molecule has 3 atom stereocenters. The highest BCUT2D eigenvalue weighted by Gasteiger charge is 2.36. The van der Waals surface area contributed by atoms with Gasteiger partial charge in [0, 0.05) is 6.54 Å². The molecule has 1 fully saturated rings. The molecule has 1 saturated heterocycles. The van der Waals surface area contributed by atoms with Gasteiger partial charge in [-0.2, -0.15) is 0 Å². The van der Waals surface area contributed by atoms with Crippen LogP contribution in [0.25, 0.3) is 0 Å². The first-order chi connectivity index (χ1) is 9.50. The Hall–Kier alpha value is -1.88. The zero-order valence-electron chi connectivity index (χ0n) is 11.5. The molecule has 3 N–H and O–H groups in total. The minimum absolute atomic E-state index is 0.310. The fourth-order valence-electron chi connectivity index (χ4n) is 2.62. The van der Waals surface area contributed by atoms with Gasteiger partial charge in [0.1, 0.15) is 12.1 Å². The third-order valence-corrected chi connectivity index (χ3v) is 3.86. The van der Waals surface area contributed by atoms with Crippen molar-refractivity contribution in [1.82, 2.24) is 4.90 Å². The zero-order valence-corrected chi connectivity index (χ0v) is 11.5. The Kier molecular flexibility index (Phi) is 4.39. The molecule has 5 nitrogen and oxygen atoms in total. The lowest BCUT2D eigenvalue weighted by Crippen LogP contribution is -2.52. The van der Waals surface area contributed by atoms with Crippen LogP contribution in [0, 0.1) is 5.92 Å². The summed E-state index contributed by atoms with van der Waals surface area (Å²) in [6, 6.07) is 7.48. The van der Waals surface area contributed by atoms with Crippen molar-refractivity contribution in [2.75, 3.05) is 6.54 Å². The van der Waals surface area contributed by atoms with Gasteiger partial charge in [0.15, 0.2) is 0 Å². The normalized spacial score (nSPS) is 24.2. The van der Waals surface area contributed by atoms with E-state index < -0.39 is 18.1 Å². The second-order valence-corrected chi connectivity index (χ2v) is 5.40. The summed E-state index contributed by atoms with van der Waals surface area (Å²) >= 11 is 0. The van der Waals surface area contributed by atoms with Gasteiger partial charge in [-0.15, -0.1) is 0 Å². The number of benzene rings is 1. The zero-order chi connectivity index (χ0) is 14.7. The third-order valence-electron chi connectivity index (χ3n) is 3.86. The minimum Gasteiger partial charge on any atom is -0.480 e. The van der Waals surface area contributed by atoms with Crippen LogP contribution < -0.4 is 5.73 Å². The van der Waals surface area contributed by atoms with Crippen LogP contribution in [-0.4, -0.2) is 34.5 Å². The van der Waals surface area contributed by atoms with E-state index in [0.717, 1.165) is 6.42 Å². The first kappa shape index (κ1) is 14.5. The van der Waals surface area contributed by atoms with Crippen molar-refractivity contribution in [2.45, 2.75) is 31.8 Å². The van der Waals surface area contributed by atoms with E-state index in [2.05, 4.69) is 0 Å². The molecule has 0 spiro atoms. The van der Waals surface area contributed by atoms with Crippen molar-refractivity contribution in [3.8, 4) is 0 Å². The fraction of sp³-hybridized carbons (Fsp3) is 0.467. The topological polar surface area (TPSA) is 83.6 Å². The summed E-state index contributed by atoms with van der Waals surface area (Å²) in [6.45, 7) is 2.46. The van der Waals surface area contributed by atoms with Crippen molar-refractivity contribution in [2.24, 2.45) is 11.7 Å². The number of carbonyl (C=O) groups excluding carboxylic acids is 1. The van der Waals surface area contributed by atoms with E-state index in [9.17, 15) is 14.7 Å². The molecule has 1 heterocycles. The molecule has 5 heteroatoms. The largest absolute Gasteiger partial charge is 0.480 e. The van der Waals surface area contributed by atoms with Crippen LogP contribution in [-0.2, 0) is 9.59 Å². The van der Waals surface area contributed by atoms with Crippen LogP contribution in [0.2, 0.25) is 0 Å². The Morgan fingerprint density at radius 3 is 2.60 bits per heavy atom. The number of hydrogen-bond donors (Lipinski definition) is 2. The minimum atomic E-state index is -0.954. The quantitative estimate of drug-likeness (QED) is 0.874. The van der Waals surface area contributed by atoms with Crippen LogP contribution in [0.3, 0.4) is 0 Å². The smallest absolute Gasteiger partial charge is 0.326 e. The first-order valence-electron chi connectivity index (χ1n) is 6.84. The van der Waals surface area contributed by atoms with Gasteiger partial charge in [-0.25, -0.2) is 4.79 Å². The number of nitrogens with zero attached hydrogens (tertiary/aromatic N) is 1. The fourth-order valence-corrected chi connectivity index (χ4v) is 2.62. The second-order valence-electron chi connectivity index (χ2n) is 5.40. The molecule has 2 rings (SSSR count). The lowest BCUT2D eigenvalue weighted by Gasteiger charge is -2.37. The van der Waals surface area contributed by atoms with Gasteiger partial charge >= 0.3 is 5.97 Å². The van der Waals surface area contributed by atoms with Gasteiger partial charge in [-0.05, 0) is 24.3 Å². The number of amides is 1. The number of rotatable bonds is 3. The van der Waals surface area contributed by atoms with Crippen molar-refractivity contribution < 1.29 is 14.7 Å². The number of carboxylic acid groups (broad SMARTS) is 1. The molecule has 0 aliphatic carbocycles. The molecule has 20 heavy (non-hydrogen) atoms. The van der Waals surface area contributed by atoms with E-state index in [1.54, 1.807) is 12.1 Å². The van der Waals surface area contributed by atoms with Crippen LogP contribution in [0.15, 0.2) is 30.3 Å². The molecule has 1 aliphatic rings. The number of nitrogens with two attached hydrogens (primary N) is 1. The molecule has 0 bridgehead atoms. The molecule has 108 valence electrons. The maximum Gasteiger partial charge on any atom is 0.326 e. The van der Waals surface area contributed by atoms with Gasteiger partial charge in [0.05, 0.1) is 0 Å². The number of likely N-dealkylation sites (tertiary alicyclic amines) is 1. The molecule has 0 aromatic heterocycles. The maximum absolute atomic E-state index is 12.5. The molecular formula is C15H20N2O3. The number of carboxylic acids is 1.